The van der Waals surface area contributed by atoms with Crippen molar-refractivity contribution in [1.29, 1.82) is 0 Å². The molecule has 2 rings (SSSR count). The Kier molecular flexibility index (Phi) is 3.42. The van der Waals surface area contributed by atoms with Crippen molar-refractivity contribution in [3.05, 3.63) is 53.1 Å². The quantitative estimate of drug-likeness (QED) is 0.737. The highest BCUT2D eigenvalue weighted by molar-refractivity contribution is 5.95. The van der Waals surface area contributed by atoms with Crippen molar-refractivity contribution in [2.75, 3.05) is 11.1 Å². The van der Waals surface area contributed by atoms with Crippen LogP contribution >= 0.6 is 0 Å². The topological polar surface area (TPSA) is 81.1 Å². The molecule has 0 aromatic heterocycles. The van der Waals surface area contributed by atoms with Gasteiger partial charge in [0, 0.05) is 11.3 Å². The number of primary amides is 1. The smallest absolute Gasteiger partial charge is 0.248 e. The maximum absolute atomic E-state index is 11.1. The van der Waals surface area contributed by atoms with Gasteiger partial charge in [-0.25, -0.2) is 0 Å². The third-order valence-electron chi connectivity index (χ3n) is 2.99. The van der Waals surface area contributed by atoms with Crippen LogP contribution in [0.25, 0.3) is 0 Å². The van der Waals surface area contributed by atoms with E-state index < -0.39 is 5.91 Å². The van der Waals surface area contributed by atoms with E-state index in [0.717, 1.165) is 16.9 Å². The van der Waals surface area contributed by atoms with Crippen molar-refractivity contribution in [1.82, 2.24) is 0 Å². The number of hydrogen-bond donors (Lipinski definition) is 3. The lowest BCUT2D eigenvalue weighted by Gasteiger charge is -2.13. The number of hydrogen-bond acceptors (Lipinski definition) is 3. The summed E-state index contributed by atoms with van der Waals surface area (Å²) in [7, 11) is 0. The van der Waals surface area contributed by atoms with Gasteiger partial charge in [0.05, 0.1) is 11.4 Å². The SMILES string of the molecule is Cc1ccc(Nc2ccc(C(N)=O)cc2N)c(C)c1. The first kappa shape index (κ1) is 13.0. The number of benzene rings is 2. The van der Waals surface area contributed by atoms with Gasteiger partial charge in [-0.3, -0.25) is 4.79 Å². The predicted molar refractivity (Wildman–Crippen MR) is 78.6 cm³/mol. The van der Waals surface area contributed by atoms with Crippen molar-refractivity contribution in [2.45, 2.75) is 13.8 Å². The van der Waals surface area contributed by atoms with E-state index in [4.69, 9.17) is 11.5 Å². The molecule has 0 bridgehead atoms. The zero-order chi connectivity index (χ0) is 14.0. The molecule has 2 aromatic rings. The van der Waals surface area contributed by atoms with E-state index in [1.54, 1.807) is 18.2 Å². The molecule has 2 aromatic carbocycles. The van der Waals surface area contributed by atoms with Gasteiger partial charge in [0.2, 0.25) is 5.91 Å². The van der Waals surface area contributed by atoms with Crippen molar-refractivity contribution in [2.24, 2.45) is 5.73 Å². The molecule has 4 heteroatoms. The third-order valence-corrected chi connectivity index (χ3v) is 2.99. The van der Waals surface area contributed by atoms with Gasteiger partial charge in [-0.15, -0.1) is 0 Å². The molecule has 0 aliphatic carbocycles. The first-order valence-electron chi connectivity index (χ1n) is 6.01. The lowest BCUT2D eigenvalue weighted by Crippen LogP contribution is -2.11. The summed E-state index contributed by atoms with van der Waals surface area (Å²) in [6, 6.07) is 11.1. The summed E-state index contributed by atoms with van der Waals surface area (Å²) in [4.78, 5) is 11.1. The summed E-state index contributed by atoms with van der Waals surface area (Å²) >= 11 is 0. The van der Waals surface area contributed by atoms with Crippen LogP contribution in [0, 0.1) is 13.8 Å². The minimum atomic E-state index is -0.482. The highest BCUT2D eigenvalue weighted by Gasteiger charge is 2.06. The molecule has 1 amide bonds. The zero-order valence-corrected chi connectivity index (χ0v) is 11.0. The summed E-state index contributed by atoms with van der Waals surface area (Å²) < 4.78 is 0. The molecule has 4 nitrogen and oxygen atoms in total. The molecule has 5 N–H and O–H groups in total. The second-order valence-corrected chi connectivity index (χ2v) is 4.61. The number of nitrogen functional groups attached to an aromatic ring is 1. The number of nitrogens with one attached hydrogen (secondary N) is 1. The van der Waals surface area contributed by atoms with Crippen LogP contribution in [0.5, 0.6) is 0 Å². The molecule has 98 valence electrons. The van der Waals surface area contributed by atoms with Crippen LogP contribution in [0.2, 0.25) is 0 Å². The average Bonchev–Trinajstić information content (AvgIpc) is 2.34. The fourth-order valence-corrected chi connectivity index (χ4v) is 1.93. The van der Waals surface area contributed by atoms with Gasteiger partial charge in [-0.05, 0) is 43.7 Å². The molecule has 0 fully saturated rings. The monoisotopic (exact) mass is 255 g/mol. The Morgan fingerprint density at radius 2 is 1.74 bits per heavy atom. The molecule has 0 saturated heterocycles. The van der Waals surface area contributed by atoms with Crippen LogP contribution in [-0.2, 0) is 0 Å². The summed E-state index contributed by atoms with van der Waals surface area (Å²) in [5.74, 6) is -0.482. The summed E-state index contributed by atoms with van der Waals surface area (Å²) in [6.07, 6.45) is 0. The molecular weight excluding hydrogens is 238 g/mol. The summed E-state index contributed by atoms with van der Waals surface area (Å²) in [6.45, 7) is 4.08. The van der Waals surface area contributed by atoms with E-state index in [0.29, 0.717) is 11.3 Å². The van der Waals surface area contributed by atoms with E-state index in [1.165, 1.54) is 5.56 Å². The lowest BCUT2D eigenvalue weighted by molar-refractivity contribution is 0.100. The largest absolute Gasteiger partial charge is 0.397 e. The highest BCUT2D eigenvalue weighted by atomic mass is 16.1. The van der Waals surface area contributed by atoms with E-state index in [1.807, 2.05) is 26.0 Å². The fraction of sp³-hybridized carbons (Fsp3) is 0.133. The molecule has 0 aliphatic rings. The average molecular weight is 255 g/mol. The Balaban J connectivity index is 2.31. The Morgan fingerprint density at radius 1 is 1.05 bits per heavy atom. The van der Waals surface area contributed by atoms with Crippen LogP contribution < -0.4 is 16.8 Å². The maximum Gasteiger partial charge on any atom is 0.248 e. The fourth-order valence-electron chi connectivity index (χ4n) is 1.93. The summed E-state index contributed by atoms with van der Waals surface area (Å²) in [5.41, 5.74) is 16.1. The highest BCUT2D eigenvalue weighted by Crippen LogP contribution is 2.26. The molecule has 0 spiro atoms. The number of carbonyl (C=O) groups is 1. The van der Waals surface area contributed by atoms with Crippen LogP contribution in [0.4, 0.5) is 17.1 Å². The van der Waals surface area contributed by atoms with E-state index in [2.05, 4.69) is 11.4 Å². The van der Waals surface area contributed by atoms with Crippen molar-refractivity contribution in [3.8, 4) is 0 Å². The van der Waals surface area contributed by atoms with Crippen LogP contribution in [0.3, 0.4) is 0 Å². The van der Waals surface area contributed by atoms with Gasteiger partial charge in [0.25, 0.3) is 0 Å². The molecule has 19 heavy (non-hydrogen) atoms. The Hall–Kier alpha value is -2.49. The Labute approximate surface area is 112 Å². The minimum absolute atomic E-state index is 0.406. The van der Waals surface area contributed by atoms with Crippen LogP contribution in [0.15, 0.2) is 36.4 Å². The lowest BCUT2D eigenvalue weighted by atomic mass is 10.1. The van der Waals surface area contributed by atoms with Gasteiger partial charge in [0.1, 0.15) is 0 Å². The van der Waals surface area contributed by atoms with Crippen molar-refractivity contribution >= 4 is 23.0 Å². The molecular formula is C15H17N3O. The van der Waals surface area contributed by atoms with E-state index in [-0.39, 0.29) is 0 Å². The molecule has 0 saturated carbocycles. The number of aryl methyl sites for hydroxylation is 2. The van der Waals surface area contributed by atoms with Gasteiger partial charge < -0.3 is 16.8 Å². The number of nitrogens with two attached hydrogens (primary N) is 2. The van der Waals surface area contributed by atoms with E-state index in [9.17, 15) is 4.79 Å². The first-order chi connectivity index (χ1) is 8.97. The van der Waals surface area contributed by atoms with Gasteiger partial charge in [0.15, 0.2) is 0 Å². The molecule has 0 atom stereocenters. The predicted octanol–water partition coefficient (Wildman–Crippen LogP) is 2.73. The molecule has 0 heterocycles. The number of rotatable bonds is 3. The third kappa shape index (κ3) is 2.85. The van der Waals surface area contributed by atoms with Gasteiger partial charge >= 0.3 is 0 Å². The molecule has 0 radical (unpaired) electrons. The van der Waals surface area contributed by atoms with Crippen LogP contribution in [0.1, 0.15) is 21.5 Å². The maximum atomic E-state index is 11.1. The number of amides is 1. The Bertz CT molecular complexity index is 635. The minimum Gasteiger partial charge on any atom is -0.397 e. The number of anilines is 3. The second-order valence-electron chi connectivity index (χ2n) is 4.61. The summed E-state index contributed by atoms with van der Waals surface area (Å²) in [5, 5.41) is 3.26. The van der Waals surface area contributed by atoms with Gasteiger partial charge in [-0.1, -0.05) is 17.7 Å². The number of carbonyl (C=O) groups excluding carboxylic acids is 1. The molecule has 0 aliphatic heterocycles. The standard InChI is InChI=1S/C15H17N3O/c1-9-3-5-13(10(2)7-9)18-14-6-4-11(15(17)19)8-12(14)16/h3-8,18H,16H2,1-2H3,(H2,17,19). The van der Waals surface area contributed by atoms with Crippen molar-refractivity contribution in [3.63, 3.8) is 0 Å². The Morgan fingerprint density at radius 3 is 2.32 bits per heavy atom. The molecule has 0 unspecified atom stereocenters. The van der Waals surface area contributed by atoms with Gasteiger partial charge in [-0.2, -0.15) is 0 Å². The van der Waals surface area contributed by atoms with E-state index >= 15 is 0 Å². The zero-order valence-electron chi connectivity index (χ0n) is 11.0. The normalized spacial score (nSPS) is 10.2. The van der Waals surface area contributed by atoms with Crippen LogP contribution in [-0.4, -0.2) is 5.91 Å². The second kappa shape index (κ2) is 5.02. The first-order valence-corrected chi connectivity index (χ1v) is 6.01. The van der Waals surface area contributed by atoms with Crippen molar-refractivity contribution < 1.29 is 4.79 Å².